The van der Waals surface area contributed by atoms with Crippen LogP contribution in [0.2, 0.25) is 0 Å². The summed E-state index contributed by atoms with van der Waals surface area (Å²) < 4.78 is 0. The zero-order chi connectivity index (χ0) is 11.7. The minimum atomic E-state index is -0.0625. The van der Waals surface area contributed by atoms with E-state index >= 15 is 0 Å². The maximum Gasteiger partial charge on any atom is 0.137 e. The van der Waals surface area contributed by atoms with E-state index in [1.807, 2.05) is 0 Å². The third kappa shape index (κ3) is 31.7. The van der Waals surface area contributed by atoms with Crippen LogP contribution in [0, 0.1) is 0 Å². The van der Waals surface area contributed by atoms with Gasteiger partial charge < -0.3 is 0 Å². The summed E-state index contributed by atoms with van der Waals surface area (Å²) in [7, 11) is 0. The summed E-state index contributed by atoms with van der Waals surface area (Å²) >= 11 is 0. The number of ketones is 4. The first kappa shape index (κ1) is 20.0. The maximum atomic E-state index is 10.0. The number of hydrogen-bond acceptors (Lipinski definition) is 4. The van der Waals surface area contributed by atoms with Gasteiger partial charge in [0, 0.05) is 26.2 Å². The van der Waals surface area contributed by atoms with E-state index in [1.54, 1.807) is 0 Å². The molecule has 0 bridgehead atoms. The van der Waals surface area contributed by atoms with Crippen LogP contribution in [0.1, 0.15) is 40.5 Å². The van der Waals surface area contributed by atoms with Gasteiger partial charge in [0.25, 0.3) is 0 Å². The molecular weight excluding hydrogens is 275 g/mol. The van der Waals surface area contributed by atoms with Gasteiger partial charge in [-0.25, -0.2) is 0 Å². The van der Waals surface area contributed by atoms with Gasteiger partial charge in [-0.15, -0.1) is 0 Å². The summed E-state index contributed by atoms with van der Waals surface area (Å²) in [6, 6.07) is 0. The summed E-state index contributed by atoms with van der Waals surface area (Å²) in [6.45, 7) is 5.62. The predicted molar refractivity (Wildman–Crippen MR) is 52.0 cm³/mol. The predicted octanol–water partition coefficient (Wildman–Crippen LogP) is 1.11. The third-order valence-electron chi connectivity index (χ3n) is 0.996. The van der Waals surface area contributed by atoms with E-state index < -0.39 is 0 Å². The molecule has 0 fully saturated rings. The van der Waals surface area contributed by atoms with Crippen molar-refractivity contribution < 1.29 is 45.4 Å². The summed E-state index contributed by atoms with van der Waals surface area (Å²) in [5.41, 5.74) is 0. The molecule has 0 aromatic heterocycles. The van der Waals surface area contributed by atoms with Gasteiger partial charge in [0.2, 0.25) is 0 Å². The number of carbonyl (C=O) groups excluding carboxylic acids is 4. The normalized spacial score (nSPS) is 7.73. The number of carbonyl (C=O) groups is 4. The summed E-state index contributed by atoms with van der Waals surface area (Å²) in [5.74, 6) is -0.250. The van der Waals surface area contributed by atoms with Crippen molar-refractivity contribution in [2.45, 2.75) is 40.5 Å². The fourth-order valence-electron chi connectivity index (χ4n) is 0.701. The standard InChI is InChI=1S/2C5H8O2.Zr/c2*1-4(6)3-5(2)7;/h2*3H2,1-2H3;. The minimum absolute atomic E-state index is 0. The van der Waals surface area contributed by atoms with Crippen molar-refractivity contribution in [1.82, 2.24) is 0 Å². The van der Waals surface area contributed by atoms with Crippen molar-refractivity contribution in [3.05, 3.63) is 0 Å². The van der Waals surface area contributed by atoms with E-state index in [0.717, 1.165) is 0 Å². The smallest absolute Gasteiger partial charge is 0.137 e. The van der Waals surface area contributed by atoms with Gasteiger partial charge >= 0.3 is 0 Å². The Balaban J connectivity index is -0.000000180. The quantitative estimate of drug-likeness (QED) is 0.728. The van der Waals surface area contributed by atoms with Crippen LogP contribution in [-0.2, 0) is 45.4 Å². The molecule has 0 radical (unpaired) electrons. The van der Waals surface area contributed by atoms with E-state index in [2.05, 4.69) is 0 Å². The SMILES string of the molecule is CC(=O)CC(C)=O.CC(=O)CC(C)=O.[Zr]. The Bertz CT molecular complexity index is 196. The van der Waals surface area contributed by atoms with E-state index in [4.69, 9.17) is 0 Å². The van der Waals surface area contributed by atoms with E-state index in [9.17, 15) is 19.2 Å². The van der Waals surface area contributed by atoms with Gasteiger partial charge in [0.05, 0.1) is 12.8 Å². The molecule has 0 aromatic carbocycles. The molecule has 0 unspecified atom stereocenters. The van der Waals surface area contributed by atoms with Crippen molar-refractivity contribution in [2.24, 2.45) is 0 Å². The van der Waals surface area contributed by atoms with Crippen LogP contribution >= 0.6 is 0 Å². The van der Waals surface area contributed by atoms with Crippen LogP contribution in [0.25, 0.3) is 0 Å². The average Bonchev–Trinajstić information content (AvgIpc) is 1.79. The molecule has 15 heavy (non-hydrogen) atoms. The molecule has 0 aliphatic carbocycles. The van der Waals surface area contributed by atoms with E-state index in [-0.39, 0.29) is 62.2 Å². The second kappa shape index (κ2) is 11.6. The van der Waals surface area contributed by atoms with Crippen LogP contribution in [-0.4, -0.2) is 23.1 Å². The fraction of sp³-hybridized carbons (Fsp3) is 0.600. The summed E-state index contributed by atoms with van der Waals surface area (Å²) in [5, 5.41) is 0. The number of Topliss-reactive ketones (excluding diaryl/α,β-unsaturated/α-hetero) is 4. The molecule has 4 nitrogen and oxygen atoms in total. The molecule has 0 atom stereocenters. The Morgan fingerprint density at radius 2 is 0.733 bits per heavy atom. The fourth-order valence-corrected chi connectivity index (χ4v) is 0.701. The van der Waals surface area contributed by atoms with Crippen LogP contribution in [0.15, 0.2) is 0 Å². The van der Waals surface area contributed by atoms with Gasteiger partial charge in [-0.2, -0.15) is 0 Å². The molecule has 84 valence electrons. The molecule has 0 amide bonds. The van der Waals surface area contributed by atoms with Gasteiger partial charge in [-0.1, -0.05) is 0 Å². The maximum absolute atomic E-state index is 10.0. The Kier molecular flexibility index (Phi) is 15.5. The number of rotatable bonds is 4. The summed E-state index contributed by atoms with van der Waals surface area (Å²) in [6.07, 6.45) is 0.167. The molecule has 0 heterocycles. The number of hydrogen-bond donors (Lipinski definition) is 0. The average molecular weight is 291 g/mol. The van der Waals surface area contributed by atoms with Crippen molar-refractivity contribution >= 4 is 23.1 Å². The van der Waals surface area contributed by atoms with Crippen LogP contribution < -0.4 is 0 Å². The van der Waals surface area contributed by atoms with Gasteiger partial charge in [0.1, 0.15) is 23.1 Å². The Labute approximate surface area is 109 Å². The first-order chi connectivity index (χ1) is 6.25. The van der Waals surface area contributed by atoms with E-state index in [0.29, 0.717) is 0 Å². The first-order valence-corrected chi connectivity index (χ1v) is 4.23. The molecule has 0 aromatic rings. The zero-order valence-corrected chi connectivity index (χ0v) is 12.0. The molecule has 0 aliphatic heterocycles. The molecule has 0 saturated carbocycles. The molecule has 0 aliphatic rings. The molecule has 0 spiro atoms. The van der Waals surface area contributed by atoms with Crippen LogP contribution in [0.4, 0.5) is 0 Å². The minimum Gasteiger partial charge on any atom is -0.300 e. The topological polar surface area (TPSA) is 68.3 Å². The molecule has 5 heteroatoms. The van der Waals surface area contributed by atoms with Crippen molar-refractivity contribution in [3.63, 3.8) is 0 Å². The first-order valence-electron chi connectivity index (χ1n) is 4.23. The Morgan fingerprint density at radius 1 is 0.600 bits per heavy atom. The van der Waals surface area contributed by atoms with Gasteiger partial charge in [0.15, 0.2) is 0 Å². The second-order valence-corrected chi connectivity index (χ2v) is 3.16. The Morgan fingerprint density at radius 3 is 0.733 bits per heavy atom. The van der Waals surface area contributed by atoms with Crippen molar-refractivity contribution in [2.75, 3.05) is 0 Å². The van der Waals surface area contributed by atoms with Crippen LogP contribution in [0.3, 0.4) is 0 Å². The monoisotopic (exact) mass is 290 g/mol. The second-order valence-electron chi connectivity index (χ2n) is 3.16. The van der Waals surface area contributed by atoms with Gasteiger partial charge in [-0.05, 0) is 27.7 Å². The molecular formula is C10H16O4Zr. The third-order valence-corrected chi connectivity index (χ3v) is 0.996. The molecule has 0 saturated heterocycles. The molecule has 0 N–H and O–H groups in total. The molecule has 0 rings (SSSR count). The van der Waals surface area contributed by atoms with Crippen LogP contribution in [0.5, 0.6) is 0 Å². The van der Waals surface area contributed by atoms with Crippen molar-refractivity contribution in [1.29, 1.82) is 0 Å². The Hall–Kier alpha value is -0.437. The zero-order valence-electron chi connectivity index (χ0n) is 9.55. The van der Waals surface area contributed by atoms with Crippen molar-refractivity contribution in [3.8, 4) is 0 Å². The van der Waals surface area contributed by atoms with Gasteiger partial charge in [-0.3, -0.25) is 19.2 Å². The largest absolute Gasteiger partial charge is 0.300 e. The summed E-state index contributed by atoms with van der Waals surface area (Å²) in [4.78, 5) is 40.1. The van der Waals surface area contributed by atoms with E-state index in [1.165, 1.54) is 27.7 Å².